The largest absolute Gasteiger partial charge is 0.485 e. The number of fused-ring (bicyclic) bond motifs is 1. The van der Waals surface area contributed by atoms with Gasteiger partial charge in [0.25, 0.3) is 11.8 Å². The Labute approximate surface area is 163 Å². The third kappa shape index (κ3) is 5.00. The quantitative estimate of drug-likeness (QED) is 0.578. The van der Waals surface area contributed by atoms with Crippen molar-refractivity contribution in [2.75, 3.05) is 32.1 Å². The molecular formula is C20H22N4O4. The first-order valence-electron chi connectivity index (χ1n) is 8.78. The second-order valence-corrected chi connectivity index (χ2v) is 6.36. The fraction of sp³-hybridized carbons (Fsp3) is 0.250. The lowest BCUT2D eigenvalue weighted by atomic mass is 10.2. The third-order valence-corrected chi connectivity index (χ3v) is 4.04. The van der Waals surface area contributed by atoms with Crippen LogP contribution in [-0.2, 0) is 9.59 Å². The highest BCUT2D eigenvalue weighted by atomic mass is 16.6. The molecule has 0 fully saturated rings. The van der Waals surface area contributed by atoms with Crippen LogP contribution in [0.1, 0.15) is 5.56 Å². The van der Waals surface area contributed by atoms with Crippen molar-refractivity contribution in [3.8, 4) is 11.5 Å². The standard InChI is InChI=1S/C20H22N4O4/c1-24(2)15-9-7-14(8-10-15)11-22-23-19(25)12-21-20(26)18-13-27-16-5-3-4-6-17(16)28-18/h3-11,18H,12-13H2,1-2H3,(H,21,26)(H,23,25)/b22-11-/t18-/m1/s1. The van der Waals surface area contributed by atoms with Crippen LogP contribution >= 0.6 is 0 Å². The zero-order valence-electron chi connectivity index (χ0n) is 15.7. The molecule has 1 aliphatic heterocycles. The fourth-order valence-corrected chi connectivity index (χ4v) is 2.51. The van der Waals surface area contributed by atoms with Crippen LogP contribution in [0.3, 0.4) is 0 Å². The number of anilines is 1. The SMILES string of the molecule is CN(C)c1ccc(/C=N\NC(=O)CNC(=O)[C@H]2COc3ccccc3O2)cc1. The molecule has 2 aromatic carbocycles. The van der Waals surface area contributed by atoms with Gasteiger partial charge in [0.15, 0.2) is 11.5 Å². The molecular weight excluding hydrogens is 360 g/mol. The van der Waals surface area contributed by atoms with Gasteiger partial charge >= 0.3 is 0 Å². The summed E-state index contributed by atoms with van der Waals surface area (Å²) in [6.07, 6.45) is 0.732. The molecule has 0 saturated heterocycles. The zero-order valence-corrected chi connectivity index (χ0v) is 15.7. The van der Waals surface area contributed by atoms with Gasteiger partial charge in [-0.15, -0.1) is 0 Å². The molecule has 2 amide bonds. The van der Waals surface area contributed by atoms with Crippen LogP contribution < -0.4 is 25.1 Å². The maximum Gasteiger partial charge on any atom is 0.265 e. The van der Waals surface area contributed by atoms with E-state index < -0.39 is 17.9 Å². The minimum atomic E-state index is -0.804. The number of hydrogen-bond acceptors (Lipinski definition) is 6. The van der Waals surface area contributed by atoms with Gasteiger partial charge in [-0.25, -0.2) is 5.43 Å². The van der Waals surface area contributed by atoms with Gasteiger partial charge in [-0.2, -0.15) is 5.10 Å². The molecule has 1 atom stereocenters. The van der Waals surface area contributed by atoms with E-state index in [2.05, 4.69) is 15.8 Å². The molecule has 2 N–H and O–H groups in total. The topological polar surface area (TPSA) is 92.3 Å². The molecule has 0 saturated carbocycles. The summed E-state index contributed by atoms with van der Waals surface area (Å²) in [5.41, 5.74) is 4.29. The molecule has 8 heteroatoms. The highest BCUT2D eigenvalue weighted by Crippen LogP contribution is 2.30. The van der Waals surface area contributed by atoms with E-state index in [9.17, 15) is 9.59 Å². The number of rotatable bonds is 6. The van der Waals surface area contributed by atoms with Gasteiger partial charge < -0.3 is 19.7 Å². The summed E-state index contributed by atoms with van der Waals surface area (Å²) in [6, 6.07) is 14.8. The number of hydrogen-bond donors (Lipinski definition) is 2. The van der Waals surface area contributed by atoms with E-state index in [0.29, 0.717) is 11.5 Å². The van der Waals surface area contributed by atoms with E-state index in [-0.39, 0.29) is 13.2 Å². The summed E-state index contributed by atoms with van der Waals surface area (Å²) in [6.45, 7) is -0.122. The van der Waals surface area contributed by atoms with Crippen LogP contribution in [-0.4, -0.2) is 51.4 Å². The first-order valence-corrected chi connectivity index (χ1v) is 8.78. The second kappa shape index (κ2) is 8.90. The molecule has 3 rings (SSSR count). The Kier molecular flexibility index (Phi) is 6.11. The van der Waals surface area contributed by atoms with Gasteiger partial charge in [0.05, 0.1) is 12.8 Å². The number of ether oxygens (including phenoxy) is 2. The lowest BCUT2D eigenvalue weighted by Gasteiger charge is -2.25. The number of benzene rings is 2. The maximum atomic E-state index is 12.2. The zero-order chi connectivity index (χ0) is 19.9. The molecule has 0 aliphatic carbocycles. The molecule has 2 aromatic rings. The van der Waals surface area contributed by atoms with Crippen LogP contribution in [0.25, 0.3) is 0 Å². The van der Waals surface area contributed by atoms with Crippen LogP contribution in [0.4, 0.5) is 5.69 Å². The molecule has 8 nitrogen and oxygen atoms in total. The molecule has 0 bridgehead atoms. The van der Waals surface area contributed by atoms with Crippen LogP contribution in [0.15, 0.2) is 53.6 Å². The van der Waals surface area contributed by atoms with E-state index in [1.165, 1.54) is 6.21 Å². The Bertz CT molecular complexity index is 865. The number of carbonyl (C=O) groups is 2. The Hall–Kier alpha value is -3.55. The van der Waals surface area contributed by atoms with Gasteiger partial charge in [0.2, 0.25) is 6.10 Å². The summed E-state index contributed by atoms with van der Waals surface area (Å²) >= 11 is 0. The highest BCUT2D eigenvalue weighted by molar-refractivity contribution is 5.88. The number of para-hydroxylation sites is 2. The van der Waals surface area contributed by atoms with Crippen LogP contribution in [0, 0.1) is 0 Å². The Morgan fingerprint density at radius 2 is 1.86 bits per heavy atom. The Morgan fingerprint density at radius 3 is 2.57 bits per heavy atom. The molecule has 0 aromatic heterocycles. The van der Waals surface area contributed by atoms with Gasteiger partial charge in [-0.05, 0) is 29.8 Å². The molecule has 0 radical (unpaired) electrons. The average Bonchev–Trinajstić information content (AvgIpc) is 2.72. The van der Waals surface area contributed by atoms with E-state index in [0.717, 1.165) is 11.3 Å². The second-order valence-electron chi connectivity index (χ2n) is 6.36. The Morgan fingerprint density at radius 1 is 1.14 bits per heavy atom. The van der Waals surface area contributed by atoms with E-state index in [1.54, 1.807) is 18.2 Å². The van der Waals surface area contributed by atoms with Crippen molar-refractivity contribution in [1.29, 1.82) is 0 Å². The predicted molar refractivity (Wildman–Crippen MR) is 106 cm³/mol. The number of nitrogens with one attached hydrogen (secondary N) is 2. The number of carbonyl (C=O) groups excluding carboxylic acids is 2. The molecule has 1 heterocycles. The minimum Gasteiger partial charge on any atom is -0.485 e. The summed E-state index contributed by atoms with van der Waals surface area (Å²) in [5.74, 6) is 0.236. The van der Waals surface area contributed by atoms with Crippen molar-refractivity contribution in [1.82, 2.24) is 10.7 Å². The van der Waals surface area contributed by atoms with Crippen molar-refractivity contribution in [2.45, 2.75) is 6.10 Å². The summed E-state index contributed by atoms with van der Waals surface area (Å²) in [5, 5.41) is 6.41. The summed E-state index contributed by atoms with van der Waals surface area (Å²) in [7, 11) is 3.92. The smallest absolute Gasteiger partial charge is 0.265 e. The fourth-order valence-electron chi connectivity index (χ4n) is 2.51. The van der Waals surface area contributed by atoms with Crippen LogP contribution in [0.5, 0.6) is 11.5 Å². The van der Waals surface area contributed by atoms with E-state index in [4.69, 9.17) is 9.47 Å². The average molecular weight is 382 g/mol. The predicted octanol–water partition coefficient (Wildman–Crippen LogP) is 1.16. The van der Waals surface area contributed by atoms with Gasteiger partial charge in [0.1, 0.15) is 6.61 Å². The molecule has 146 valence electrons. The van der Waals surface area contributed by atoms with E-state index in [1.807, 2.05) is 49.3 Å². The van der Waals surface area contributed by atoms with Crippen molar-refractivity contribution >= 4 is 23.7 Å². The number of nitrogens with zero attached hydrogens (tertiary/aromatic N) is 2. The summed E-state index contributed by atoms with van der Waals surface area (Å²) < 4.78 is 11.1. The molecule has 1 aliphatic rings. The van der Waals surface area contributed by atoms with Crippen LogP contribution in [0.2, 0.25) is 0 Å². The van der Waals surface area contributed by atoms with Gasteiger partial charge in [-0.1, -0.05) is 24.3 Å². The normalized spacial score (nSPS) is 15.1. The first kappa shape index (κ1) is 19.2. The van der Waals surface area contributed by atoms with Crippen molar-refractivity contribution in [3.63, 3.8) is 0 Å². The molecule has 0 spiro atoms. The van der Waals surface area contributed by atoms with E-state index >= 15 is 0 Å². The maximum absolute atomic E-state index is 12.2. The van der Waals surface area contributed by atoms with Crippen molar-refractivity contribution < 1.29 is 19.1 Å². The van der Waals surface area contributed by atoms with Crippen molar-refractivity contribution in [3.05, 3.63) is 54.1 Å². The lowest BCUT2D eigenvalue weighted by Crippen LogP contribution is -2.46. The van der Waals surface area contributed by atoms with Gasteiger partial charge in [0, 0.05) is 19.8 Å². The third-order valence-electron chi connectivity index (χ3n) is 4.04. The van der Waals surface area contributed by atoms with Crippen molar-refractivity contribution in [2.24, 2.45) is 5.10 Å². The molecule has 0 unspecified atom stereocenters. The monoisotopic (exact) mass is 382 g/mol. The Balaban J connectivity index is 1.42. The lowest BCUT2D eigenvalue weighted by molar-refractivity contribution is -0.132. The molecule has 28 heavy (non-hydrogen) atoms. The minimum absolute atomic E-state index is 0.0889. The highest BCUT2D eigenvalue weighted by Gasteiger charge is 2.27. The first-order chi connectivity index (χ1) is 13.5. The van der Waals surface area contributed by atoms with Gasteiger partial charge in [-0.3, -0.25) is 9.59 Å². The number of amides is 2. The number of hydrazone groups is 1. The summed E-state index contributed by atoms with van der Waals surface area (Å²) in [4.78, 5) is 26.0.